The molecule has 1 heterocycles. The molecule has 0 aromatic heterocycles. The van der Waals surface area contributed by atoms with E-state index in [2.05, 4.69) is 0 Å². The number of fused-ring (bicyclic) bond motifs is 1. The topological polar surface area (TPSA) is 89.8 Å². The quantitative estimate of drug-likeness (QED) is 0.389. The Balaban J connectivity index is 2.57. The van der Waals surface area contributed by atoms with Gasteiger partial charge in [0.05, 0.1) is 12.8 Å². The summed E-state index contributed by atoms with van der Waals surface area (Å²) in [6.07, 6.45) is 0.631. The maximum absolute atomic E-state index is 13.1. The van der Waals surface area contributed by atoms with Gasteiger partial charge in [0.1, 0.15) is 0 Å². The Kier molecular flexibility index (Phi) is 6.94. The van der Waals surface area contributed by atoms with Crippen LogP contribution in [-0.4, -0.2) is 30.6 Å². The number of anilines is 1. The molecule has 2 amide bonds. The van der Waals surface area contributed by atoms with E-state index in [1.54, 1.807) is 18.2 Å². The zero-order valence-corrected chi connectivity index (χ0v) is 17.1. The van der Waals surface area contributed by atoms with E-state index in [0.717, 1.165) is 10.5 Å². The number of benzene rings is 1. The minimum atomic E-state index is -0.739. The zero-order valence-electron chi connectivity index (χ0n) is 17.1. The minimum absolute atomic E-state index is 0.127. The summed E-state index contributed by atoms with van der Waals surface area (Å²) in [5, 5.41) is 11.3. The van der Waals surface area contributed by atoms with E-state index in [0.29, 0.717) is 35.6 Å². The fraction of sp³-hybridized carbons (Fsp3) is 0.524. The summed E-state index contributed by atoms with van der Waals surface area (Å²) in [5.74, 6) is -0.444. The van der Waals surface area contributed by atoms with Gasteiger partial charge in [-0.05, 0) is 37.7 Å². The third-order valence-corrected chi connectivity index (χ3v) is 5.31. The lowest BCUT2D eigenvalue weighted by Crippen LogP contribution is -2.34. The molecule has 1 unspecified atom stereocenters. The van der Waals surface area contributed by atoms with Gasteiger partial charge in [-0.1, -0.05) is 44.5 Å². The number of carbonyl (C=O) groups excluding carboxylic acids is 2. The molecule has 1 aliphatic rings. The van der Waals surface area contributed by atoms with Gasteiger partial charge in [0.25, 0.3) is 5.91 Å². The normalized spacial score (nSPS) is 17.4. The fourth-order valence-corrected chi connectivity index (χ4v) is 4.21. The predicted octanol–water partition coefficient (Wildman–Crippen LogP) is 4.54. The van der Waals surface area contributed by atoms with E-state index in [9.17, 15) is 19.7 Å². The first-order valence-electron chi connectivity index (χ1n) is 9.57. The molecule has 1 aromatic rings. The lowest BCUT2D eigenvalue weighted by molar-refractivity contribution is -0.490. The first-order chi connectivity index (χ1) is 13.2. The minimum Gasteiger partial charge on any atom is -0.452 e. The van der Waals surface area contributed by atoms with Crippen LogP contribution in [-0.2, 0) is 9.53 Å². The third-order valence-electron chi connectivity index (χ3n) is 5.31. The van der Waals surface area contributed by atoms with Crippen molar-refractivity contribution in [3.8, 4) is 0 Å². The van der Waals surface area contributed by atoms with Gasteiger partial charge in [0.2, 0.25) is 6.54 Å². The Morgan fingerprint density at radius 3 is 2.46 bits per heavy atom. The van der Waals surface area contributed by atoms with Crippen LogP contribution in [0.5, 0.6) is 0 Å². The monoisotopic (exact) mass is 388 g/mol. The maximum Gasteiger partial charge on any atom is 0.421 e. The fourth-order valence-electron chi connectivity index (χ4n) is 4.21. The highest BCUT2D eigenvalue weighted by Crippen LogP contribution is 2.42. The number of carbonyl (C=O) groups is 2. The van der Waals surface area contributed by atoms with Gasteiger partial charge in [-0.25, -0.2) is 9.69 Å². The van der Waals surface area contributed by atoms with Crippen LogP contribution in [0.25, 0.3) is 5.57 Å². The molecule has 0 saturated carbocycles. The van der Waals surface area contributed by atoms with E-state index in [1.807, 2.05) is 33.8 Å². The highest BCUT2D eigenvalue weighted by molar-refractivity contribution is 6.39. The van der Waals surface area contributed by atoms with Gasteiger partial charge in [-0.3, -0.25) is 14.9 Å². The van der Waals surface area contributed by atoms with Crippen LogP contribution < -0.4 is 4.90 Å². The summed E-state index contributed by atoms with van der Waals surface area (Å²) in [6, 6.07) is 7.07. The number of para-hydroxylation sites is 1. The molecule has 0 bridgehead atoms. The van der Waals surface area contributed by atoms with Crippen LogP contribution in [0.3, 0.4) is 0 Å². The second-order valence-electron chi connectivity index (χ2n) is 7.61. The number of methoxy groups -OCH3 is 1. The van der Waals surface area contributed by atoms with Gasteiger partial charge < -0.3 is 4.74 Å². The molecule has 1 aliphatic heterocycles. The summed E-state index contributed by atoms with van der Waals surface area (Å²) < 4.78 is 4.78. The number of allylic oxidation sites excluding steroid dienone is 1. The number of ether oxygens (including phenoxy) is 1. The van der Waals surface area contributed by atoms with Gasteiger partial charge in [-0.15, -0.1) is 0 Å². The lowest BCUT2D eigenvalue weighted by atomic mass is 9.77. The second kappa shape index (κ2) is 8.99. The molecule has 0 saturated heterocycles. The standard InChI is InChI=1S/C21H28N2O5/c1-6-16(15(11-13(2)3)12-22(26)27)14(4)19-17-9-7-8-10-18(17)23(20(19)24)21(25)28-5/h7-10,13,15-16H,6,11-12H2,1-5H3/b19-14-/t15-,16?/m1/s1. The Morgan fingerprint density at radius 1 is 1.29 bits per heavy atom. The molecule has 0 fully saturated rings. The number of hydrogen-bond acceptors (Lipinski definition) is 5. The van der Waals surface area contributed by atoms with Crippen LogP contribution in [0.1, 0.15) is 46.1 Å². The Hall–Kier alpha value is -2.70. The number of hydrogen-bond donors (Lipinski definition) is 0. The molecular formula is C21H28N2O5. The summed E-state index contributed by atoms with van der Waals surface area (Å²) >= 11 is 0. The van der Waals surface area contributed by atoms with E-state index >= 15 is 0 Å². The van der Waals surface area contributed by atoms with E-state index in [1.165, 1.54) is 7.11 Å². The summed E-state index contributed by atoms with van der Waals surface area (Å²) in [5.41, 5.74) is 2.39. The molecule has 1 aromatic carbocycles. The van der Waals surface area contributed by atoms with Gasteiger partial charge in [-0.2, -0.15) is 0 Å². The Bertz CT molecular complexity index is 800. The molecule has 7 heteroatoms. The second-order valence-corrected chi connectivity index (χ2v) is 7.61. The number of nitrogens with zero attached hydrogens (tertiary/aromatic N) is 2. The van der Waals surface area contributed by atoms with Crippen LogP contribution in [0, 0.1) is 27.9 Å². The van der Waals surface area contributed by atoms with E-state index in [-0.39, 0.29) is 23.3 Å². The van der Waals surface area contributed by atoms with Gasteiger partial charge in [0.15, 0.2) is 0 Å². The highest BCUT2D eigenvalue weighted by Gasteiger charge is 2.40. The molecule has 2 atom stereocenters. The molecule has 0 radical (unpaired) electrons. The Morgan fingerprint density at radius 2 is 1.93 bits per heavy atom. The third kappa shape index (κ3) is 4.24. The molecule has 2 rings (SSSR count). The summed E-state index contributed by atoms with van der Waals surface area (Å²) in [4.78, 5) is 37.3. The van der Waals surface area contributed by atoms with Crippen molar-refractivity contribution >= 4 is 23.3 Å². The zero-order chi connectivity index (χ0) is 21.0. The van der Waals surface area contributed by atoms with Crippen molar-refractivity contribution in [3.05, 3.63) is 45.5 Å². The molecule has 7 nitrogen and oxygen atoms in total. The first kappa shape index (κ1) is 21.6. The predicted molar refractivity (Wildman–Crippen MR) is 108 cm³/mol. The van der Waals surface area contributed by atoms with Gasteiger partial charge >= 0.3 is 6.09 Å². The maximum atomic E-state index is 13.1. The number of imide groups is 1. The van der Waals surface area contributed by atoms with E-state index in [4.69, 9.17) is 4.74 Å². The van der Waals surface area contributed by atoms with Crippen LogP contribution >= 0.6 is 0 Å². The molecular weight excluding hydrogens is 360 g/mol. The molecule has 0 spiro atoms. The average molecular weight is 388 g/mol. The average Bonchev–Trinajstić information content (AvgIpc) is 2.92. The smallest absolute Gasteiger partial charge is 0.421 e. The van der Waals surface area contributed by atoms with Gasteiger partial charge in [0, 0.05) is 22.0 Å². The molecule has 152 valence electrons. The van der Waals surface area contributed by atoms with Crippen LogP contribution in [0.4, 0.5) is 10.5 Å². The van der Waals surface area contributed by atoms with Crippen molar-refractivity contribution in [2.24, 2.45) is 17.8 Å². The SMILES string of the molecule is CCC(/C(C)=C1\C(=O)N(C(=O)OC)c2ccccc21)[C@H](CC(C)C)C[N+](=O)[O-]. The van der Waals surface area contributed by atoms with Crippen molar-refractivity contribution in [1.82, 2.24) is 0 Å². The Labute approximate surface area is 165 Å². The van der Waals surface area contributed by atoms with Crippen molar-refractivity contribution < 1.29 is 19.2 Å². The first-order valence-corrected chi connectivity index (χ1v) is 9.57. The van der Waals surface area contributed by atoms with Crippen LogP contribution in [0.15, 0.2) is 29.8 Å². The lowest BCUT2D eigenvalue weighted by Gasteiger charge is -2.27. The van der Waals surface area contributed by atoms with E-state index < -0.39 is 12.0 Å². The van der Waals surface area contributed by atoms with Crippen molar-refractivity contribution in [2.45, 2.75) is 40.5 Å². The number of amides is 2. The number of rotatable bonds is 7. The largest absolute Gasteiger partial charge is 0.452 e. The van der Waals surface area contributed by atoms with Crippen molar-refractivity contribution in [3.63, 3.8) is 0 Å². The van der Waals surface area contributed by atoms with Crippen LogP contribution in [0.2, 0.25) is 0 Å². The highest BCUT2D eigenvalue weighted by atomic mass is 16.6. The number of nitro groups is 1. The van der Waals surface area contributed by atoms with Crippen molar-refractivity contribution in [2.75, 3.05) is 18.6 Å². The summed E-state index contributed by atoms with van der Waals surface area (Å²) in [6.45, 7) is 7.77. The van der Waals surface area contributed by atoms with Crippen molar-refractivity contribution in [1.29, 1.82) is 0 Å². The molecule has 28 heavy (non-hydrogen) atoms. The summed E-state index contributed by atoms with van der Waals surface area (Å²) in [7, 11) is 1.23. The molecule has 0 N–H and O–H groups in total. The molecule has 0 aliphatic carbocycles.